The summed E-state index contributed by atoms with van der Waals surface area (Å²) in [6.07, 6.45) is 0.156. The van der Waals surface area contributed by atoms with Gasteiger partial charge in [0.1, 0.15) is 11.8 Å². The molecule has 0 unspecified atom stereocenters. The van der Waals surface area contributed by atoms with E-state index in [0.29, 0.717) is 18.2 Å². The summed E-state index contributed by atoms with van der Waals surface area (Å²) in [4.78, 5) is 24.7. The van der Waals surface area contributed by atoms with Gasteiger partial charge in [0, 0.05) is 32.1 Å². The maximum Gasteiger partial charge on any atom is 0.326 e. The van der Waals surface area contributed by atoms with Crippen LogP contribution in [0, 0.1) is 5.92 Å². The van der Waals surface area contributed by atoms with Crippen LogP contribution >= 0.6 is 12.2 Å². The number of nitrogens with one attached hydrogen (secondary N) is 2. The Morgan fingerprint density at radius 1 is 1.27 bits per heavy atom. The van der Waals surface area contributed by atoms with Crippen molar-refractivity contribution in [2.75, 3.05) is 20.7 Å². The zero-order chi connectivity index (χ0) is 19.7. The molecule has 0 spiro atoms. The molecule has 1 amide bonds. The zero-order valence-electron chi connectivity index (χ0n) is 15.6. The minimum absolute atomic E-state index is 0.156. The lowest BCUT2D eigenvalue weighted by atomic mass is 10.0. The molecule has 0 fully saturated rings. The average molecular weight is 381 g/mol. The minimum atomic E-state index is -1.00. The molecule has 1 atom stereocenters. The Morgan fingerprint density at radius 2 is 1.92 bits per heavy atom. The largest absolute Gasteiger partial charge is 0.496 e. The second-order valence-corrected chi connectivity index (χ2v) is 6.61. The Morgan fingerprint density at radius 3 is 2.50 bits per heavy atom. The zero-order valence-corrected chi connectivity index (χ0v) is 16.4. The third kappa shape index (κ3) is 6.51. The summed E-state index contributed by atoms with van der Waals surface area (Å²) in [5, 5.41) is 15.7. The van der Waals surface area contributed by atoms with E-state index < -0.39 is 12.0 Å². The second kappa shape index (κ2) is 10.6. The minimum Gasteiger partial charge on any atom is -0.496 e. The Hall–Kier alpha value is -2.35. The Labute approximate surface area is 159 Å². The molecule has 1 aromatic rings. The van der Waals surface area contributed by atoms with E-state index in [4.69, 9.17) is 17.0 Å². The van der Waals surface area contributed by atoms with Crippen molar-refractivity contribution in [2.45, 2.75) is 32.9 Å². The van der Waals surface area contributed by atoms with Crippen molar-refractivity contribution in [3.63, 3.8) is 0 Å². The molecule has 1 rings (SSSR count). The van der Waals surface area contributed by atoms with Crippen LogP contribution in [0.4, 0.5) is 0 Å². The fourth-order valence-electron chi connectivity index (χ4n) is 2.60. The second-order valence-electron chi connectivity index (χ2n) is 6.20. The van der Waals surface area contributed by atoms with Crippen molar-refractivity contribution in [1.82, 2.24) is 15.5 Å². The van der Waals surface area contributed by atoms with Crippen LogP contribution in [0.25, 0.3) is 0 Å². The molecule has 26 heavy (non-hydrogen) atoms. The van der Waals surface area contributed by atoms with Crippen LogP contribution < -0.4 is 15.4 Å². The Bertz CT molecular complexity index is 637. The first kappa shape index (κ1) is 21.7. The first-order chi connectivity index (χ1) is 12.3. The first-order valence-electron chi connectivity index (χ1n) is 8.40. The van der Waals surface area contributed by atoms with Gasteiger partial charge in [-0.2, -0.15) is 0 Å². The van der Waals surface area contributed by atoms with Crippen molar-refractivity contribution >= 4 is 29.2 Å². The predicted octanol–water partition coefficient (Wildman–Crippen LogP) is 1.62. The number of rotatable bonds is 9. The fraction of sp³-hybridized carbons (Fsp3) is 0.500. The Kier molecular flexibility index (Phi) is 8.84. The number of hydrogen-bond acceptors (Lipinski definition) is 4. The maximum absolute atomic E-state index is 12.2. The molecular formula is C18H27N3O4S. The quantitative estimate of drug-likeness (QED) is 0.560. The van der Waals surface area contributed by atoms with E-state index in [1.807, 2.05) is 24.3 Å². The van der Waals surface area contributed by atoms with Crippen LogP contribution in [0.15, 0.2) is 24.3 Å². The number of amides is 1. The summed E-state index contributed by atoms with van der Waals surface area (Å²) in [6, 6.07) is 6.78. The third-order valence-electron chi connectivity index (χ3n) is 3.95. The molecule has 0 aliphatic rings. The molecule has 0 aromatic heterocycles. The number of nitrogens with zero attached hydrogens (tertiary/aromatic N) is 1. The van der Waals surface area contributed by atoms with Gasteiger partial charge in [-0.25, -0.2) is 4.79 Å². The van der Waals surface area contributed by atoms with E-state index in [2.05, 4.69) is 10.6 Å². The monoisotopic (exact) mass is 381 g/mol. The normalized spacial score (nSPS) is 11.6. The molecule has 0 saturated heterocycles. The highest BCUT2D eigenvalue weighted by atomic mass is 32.1. The first-order valence-corrected chi connectivity index (χ1v) is 8.80. The van der Waals surface area contributed by atoms with E-state index in [9.17, 15) is 14.7 Å². The summed E-state index contributed by atoms with van der Waals surface area (Å²) < 4.78 is 5.28. The molecule has 7 nitrogen and oxygen atoms in total. The van der Waals surface area contributed by atoms with Gasteiger partial charge in [-0.05, 0) is 24.2 Å². The summed E-state index contributed by atoms with van der Waals surface area (Å²) >= 11 is 5.20. The van der Waals surface area contributed by atoms with Crippen LogP contribution in [0.5, 0.6) is 5.75 Å². The number of hydrogen-bond donors (Lipinski definition) is 3. The number of ether oxygens (including phenoxy) is 1. The number of carboxylic acid groups (broad SMARTS) is 1. The summed E-state index contributed by atoms with van der Waals surface area (Å²) in [6.45, 7) is 4.37. The molecule has 1 aromatic carbocycles. The van der Waals surface area contributed by atoms with Gasteiger partial charge in [-0.1, -0.05) is 32.0 Å². The third-order valence-corrected chi connectivity index (χ3v) is 4.24. The van der Waals surface area contributed by atoms with Crippen molar-refractivity contribution in [3.05, 3.63) is 29.8 Å². The molecule has 144 valence electrons. The van der Waals surface area contributed by atoms with Crippen LogP contribution in [-0.2, 0) is 16.1 Å². The highest BCUT2D eigenvalue weighted by molar-refractivity contribution is 7.80. The van der Waals surface area contributed by atoms with Gasteiger partial charge in [0.2, 0.25) is 5.91 Å². The van der Waals surface area contributed by atoms with E-state index in [0.717, 1.165) is 11.3 Å². The lowest BCUT2D eigenvalue weighted by Gasteiger charge is -2.27. The molecule has 0 radical (unpaired) electrons. The lowest BCUT2D eigenvalue weighted by Crippen LogP contribution is -2.46. The number of likely N-dealkylation sites (N-methyl/N-ethyl adjacent to an activating group) is 1. The molecule has 0 saturated carbocycles. The van der Waals surface area contributed by atoms with Crippen LogP contribution in [-0.4, -0.2) is 53.7 Å². The van der Waals surface area contributed by atoms with Crippen LogP contribution in [0.3, 0.4) is 0 Å². The summed E-state index contributed by atoms with van der Waals surface area (Å²) in [7, 11) is 3.12. The molecule has 8 heteroatoms. The van der Waals surface area contributed by atoms with E-state index in [1.54, 1.807) is 21.0 Å². The number of carboxylic acids is 1. The highest BCUT2D eigenvalue weighted by Gasteiger charge is 2.28. The molecule has 0 aliphatic carbocycles. The van der Waals surface area contributed by atoms with Crippen molar-refractivity contribution in [2.24, 2.45) is 5.92 Å². The number of methoxy groups -OCH3 is 1. The van der Waals surface area contributed by atoms with Crippen molar-refractivity contribution < 1.29 is 19.4 Å². The van der Waals surface area contributed by atoms with Gasteiger partial charge in [-0.3, -0.25) is 4.79 Å². The molecule has 3 N–H and O–H groups in total. The standard InChI is InChI=1S/C18H27N3O4S/c1-12(2)16(17(23)24)21(3)15(22)9-10-19-18(26)20-11-13-7-5-6-8-14(13)25-4/h5-8,12,16H,9-11H2,1-4H3,(H,23,24)(H2,19,20,26)/t16-/m0/s1. The number of para-hydroxylation sites is 1. The van der Waals surface area contributed by atoms with Crippen LogP contribution in [0.2, 0.25) is 0 Å². The predicted molar refractivity (Wildman–Crippen MR) is 104 cm³/mol. The topological polar surface area (TPSA) is 90.9 Å². The van der Waals surface area contributed by atoms with E-state index in [-0.39, 0.29) is 18.2 Å². The summed E-state index contributed by atoms with van der Waals surface area (Å²) in [5.74, 6) is -0.644. The lowest BCUT2D eigenvalue weighted by molar-refractivity contribution is -0.150. The van der Waals surface area contributed by atoms with Gasteiger partial charge >= 0.3 is 5.97 Å². The number of benzene rings is 1. The molecule has 0 aliphatic heterocycles. The van der Waals surface area contributed by atoms with Crippen LogP contribution in [0.1, 0.15) is 25.8 Å². The van der Waals surface area contributed by atoms with Gasteiger partial charge < -0.3 is 25.4 Å². The van der Waals surface area contributed by atoms with Gasteiger partial charge in [0.05, 0.1) is 7.11 Å². The highest BCUT2D eigenvalue weighted by Crippen LogP contribution is 2.16. The van der Waals surface area contributed by atoms with E-state index in [1.165, 1.54) is 11.9 Å². The number of carbonyl (C=O) groups is 2. The van der Waals surface area contributed by atoms with Gasteiger partial charge in [0.15, 0.2) is 5.11 Å². The van der Waals surface area contributed by atoms with E-state index >= 15 is 0 Å². The number of thiocarbonyl (C=S) groups is 1. The fourth-order valence-corrected chi connectivity index (χ4v) is 2.77. The molecular weight excluding hydrogens is 354 g/mol. The number of carbonyl (C=O) groups excluding carboxylic acids is 1. The molecule has 0 heterocycles. The molecule has 0 bridgehead atoms. The average Bonchev–Trinajstić information content (AvgIpc) is 2.59. The summed E-state index contributed by atoms with van der Waals surface area (Å²) in [5.41, 5.74) is 0.969. The number of aliphatic carboxylic acids is 1. The van der Waals surface area contributed by atoms with Gasteiger partial charge in [-0.15, -0.1) is 0 Å². The van der Waals surface area contributed by atoms with Crippen molar-refractivity contribution in [3.8, 4) is 5.75 Å². The SMILES string of the molecule is COc1ccccc1CNC(=S)NCCC(=O)N(C)[C@H](C(=O)O)C(C)C. The Balaban J connectivity index is 2.41. The van der Waals surface area contributed by atoms with Crippen molar-refractivity contribution in [1.29, 1.82) is 0 Å². The van der Waals surface area contributed by atoms with Gasteiger partial charge in [0.25, 0.3) is 0 Å². The maximum atomic E-state index is 12.2. The smallest absolute Gasteiger partial charge is 0.326 e.